The van der Waals surface area contributed by atoms with Gasteiger partial charge >= 0.3 is 0 Å². The smallest absolute Gasteiger partial charge is 0.274 e. The quantitative estimate of drug-likeness (QED) is 0.222. The zero-order chi connectivity index (χ0) is 33.9. The Kier molecular flexibility index (Phi) is 9.72. The molecule has 3 fully saturated rings. The first-order chi connectivity index (χ1) is 23.9. The lowest BCUT2D eigenvalue weighted by Crippen LogP contribution is -2.67. The minimum absolute atomic E-state index is 0.0480. The number of amides is 1. The Hall–Kier alpha value is -4.61. The van der Waals surface area contributed by atoms with Gasteiger partial charge in [0.25, 0.3) is 5.91 Å². The maximum absolute atomic E-state index is 13.8. The number of piperazine rings is 2. The van der Waals surface area contributed by atoms with E-state index in [-0.39, 0.29) is 35.7 Å². The molecule has 4 heterocycles. The number of methoxy groups -OCH3 is 2. The molecule has 256 valence electrons. The number of ether oxygens (including phenoxy) is 3. The van der Waals surface area contributed by atoms with Gasteiger partial charge < -0.3 is 19.1 Å². The molecule has 3 aliphatic rings. The van der Waals surface area contributed by atoms with E-state index in [4.69, 9.17) is 24.2 Å². The number of hydrogen-bond acceptors (Lipinski definition) is 10. The van der Waals surface area contributed by atoms with Gasteiger partial charge in [0.05, 0.1) is 38.3 Å². The van der Waals surface area contributed by atoms with Gasteiger partial charge in [-0.1, -0.05) is 60.7 Å². The summed E-state index contributed by atoms with van der Waals surface area (Å²) in [6.07, 6.45) is 5.16. The molecule has 2 saturated heterocycles. The minimum atomic E-state index is -0.138. The topological polar surface area (TPSA) is 106 Å². The van der Waals surface area contributed by atoms with Crippen LogP contribution < -0.4 is 14.2 Å². The molecule has 0 spiro atoms. The van der Waals surface area contributed by atoms with Crippen molar-refractivity contribution in [2.24, 2.45) is 0 Å². The van der Waals surface area contributed by atoms with E-state index in [1.54, 1.807) is 7.11 Å². The van der Waals surface area contributed by atoms with Crippen LogP contribution in [0.3, 0.4) is 0 Å². The zero-order valence-corrected chi connectivity index (χ0v) is 28.7. The molecule has 7 rings (SSSR count). The van der Waals surface area contributed by atoms with Crippen molar-refractivity contribution in [2.45, 2.75) is 63.3 Å². The van der Waals surface area contributed by atoms with Crippen LogP contribution in [0.4, 0.5) is 0 Å². The predicted molar refractivity (Wildman–Crippen MR) is 185 cm³/mol. The van der Waals surface area contributed by atoms with Crippen molar-refractivity contribution < 1.29 is 19.0 Å². The number of nitrogens with zero attached hydrogens (tertiary/aromatic N) is 7. The van der Waals surface area contributed by atoms with Crippen LogP contribution in [0.2, 0.25) is 0 Å². The molecule has 2 aliphatic heterocycles. The first-order valence-electron chi connectivity index (χ1n) is 17.3. The fourth-order valence-electron chi connectivity index (χ4n) is 7.32. The van der Waals surface area contributed by atoms with E-state index < -0.39 is 0 Å². The second-order valence-electron chi connectivity index (χ2n) is 13.5. The summed E-state index contributed by atoms with van der Waals surface area (Å²) in [7, 11) is 3.20. The summed E-state index contributed by atoms with van der Waals surface area (Å²) < 4.78 is 17.5. The van der Waals surface area contributed by atoms with Gasteiger partial charge in [0, 0.05) is 63.2 Å². The van der Waals surface area contributed by atoms with E-state index in [1.165, 1.54) is 30.6 Å². The summed E-state index contributed by atoms with van der Waals surface area (Å²) >= 11 is 0. The van der Waals surface area contributed by atoms with Gasteiger partial charge in [0.1, 0.15) is 5.82 Å². The van der Waals surface area contributed by atoms with E-state index in [1.807, 2.05) is 18.7 Å². The number of aromatic nitrogens is 4. The molecule has 4 aromatic rings. The van der Waals surface area contributed by atoms with Gasteiger partial charge in [-0.25, -0.2) is 4.98 Å². The van der Waals surface area contributed by atoms with E-state index in [2.05, 4.69) is 80.4 Å². The second-order valence-corrected chi connectivity index (χ2v) is 13.5. The first kappa shape index (κ1) is 32.9. The van der Waals surface area contributed by atoms with Crippen molar-refractivity contribution >= 4 is 5.91 Å². The number of rotatable bonds is 11. The predicted octanol–water partition coefficient (Wildman–Crippen LogP) is 4.79. The maximum Gasteiger partial charge on any atom is 0.274 e. The highest BCUT2D eigenvalue weighted by molar-refractivity contribution is 5.92. The summed E-state index contributed by atoms with van der Waals surface area (Å²) in [5, 5.41) is 0. The van der Waals surface area contributed by atoms with Crippen molar-refractivity contribution in [1.29, 1.82) is 0 Å². The molecular weight excluding hydrogens is 618 g/mol. The van der Waals surface area contributed by atoms with Crippen molar-refractivity contribution in [3.63, 3.8) is 0 Å². The highest BCUT2D eigenvalue weighted by Crippen LogP contribution is 2.42. The molecule has 2 atom stereocenters. The third-order valence-corrected chi connectivity index (χ3v) is 9.71. The molecule has 0 bridgehead atoms. The van der Waals surface area contributed by atoms with Gasteiger partial charge in [0.2, 0.25) is 17.6 Å². The minimum Gasteiger partial charge on any atom is -0.481 e. The molecule has 2 aromatic carbocycles. The maximum atomic E-state index is 13.8. The number of benzene rings is 2. The highest BCUT2D eigenvalue weighted by Gasteiger charge is 2.44. The Morgan fingerprint density at radius 2 is 1.53 bits per heavy atom. The van der Waals surface area contributed by atoms with Crippen LogP contribution in [-0.2, 0) is 6.54 Å². The monoisotopic (exact) mass is 663 g/mol. The Morgan fingerprint density at radius 3 is 2.16 bits per heavy atom. The number of fused-ring (bicyclic) bond motifs is 1. The Bertz CT molecular complexity index is 1700. The summed E-state index contributed by atoms with van der Waals surface area (Å²) in [5.41, 5.74) is 3.68. The SMILES string of the molecule is COc1cncc(C(=O)N2CCN3[C@H](CN(Cc4c(OC)nc(C5CC5)nc4OC(C)C)C[C@H]3C(c3ccccc3)c3ccccc3)C2)n1. The van der Waals surface area contributed by atoms with Gasteiger partial charge in [-0.05, 0) is 37.8 Å². The molecule has 1 saturated carbocycles. The number of carbonyl (C=O) groups is 1. The molecule has 11 heteroatoms. The molecule has 49 heavy (non-hydrogen) atoms. The summed E-state index contributed by atoms with van der Waals surface area (Å²) in [4.78, 5) is 39.2. The van der Waals surface area contributed by atoms with Crippen molar-refractivity contribution in [2.75, 3.05) is 46.9 Å². The molecule has 1 amide bonds. The van der Waals surface area contributed by atoms with Crippen LogP contribution in [0.5, 0.6) is 17.6 Å². The Labute approximate surface area is 288 Å². The Balaban J connectivity index is 1.25. The molecule has 0 radical (unpaired) electrons. The second kappa shape index (κ2) is 14.5. The largest absolute Gasteiger partial charge is 0.481 e. The van der Waals surface area contributed by atoms with Crippen molar-refractivity contribution in [1.82, 2.24) is 34.6 Å². The lowest BCUT2D eigenvalue weighted by molar-refractivity contribution is -0.0294. The average Bonchev–Trinajstić information content (AvgIpc) is 3.98. The standard InChI is InChI=1S/C38H45N7O4/c1-25(2)49-37-30(36(48-4)41-35(42-37)28-15-16-28)23-43-21-29-22-44(38(46)31-19-39-20-33(40-31)47-3)17-18-45(29)32(24-43)34(26-11-7-5-8-12-26)27-13-9-6-10-14-27/h5-14,19-20,25,28-29,32,34H,15-18,21-24H2,1-4H3/t29-,32+/m1/s1. The fourth-order valence-corrected chi connectivity index (χ4v) is 7.32. The average molecular weight is 664 g/mol. The van der Waals surface area contributed by atoms with Crippen LogP contribution in [0, 0.1) is 0 Å². The third-order valence-electron chi connectivity index (χ3n) is 9.71. The highest BCUT2D eigenvalue weighted by atomic mass is 16.5. The Morgan fingerprint density at radius 1 is 0.837 bits per heavy atom. The van der Waals surface area contributed by atoms with Gasteiger partial charge in [-0.15, -0.1) is 0 Å². The summed E-state index contributed by atoms with van der Waals surface area (Å²) in [6, 6.07) is 21.7. The van der Waals surface area contributed by atoms with Crippen LogP contribution in [0.15, 0.2) is 73.1 Å². The van der Waals surface area contributed by atoms with E-state index in [0.717, 1.165) is 43.9 Å². The molecule has 0 N–H and O–H groups in total. The lowest BCUT2D eigenvalue weighted by atomic mass is 9.81. The summed E-state index contributed by atoms with van der Waals surface area (Å²) in [5.74, 6) is 2.64. The van der Waals surface area contributed by atoms with Crippen molar-refractivity contribution in [3.05, 3.63) is 101 Å². The first-order valence-corrected chi connectivity index (χ1v) is 17.3. The summed E-state index contributed by atoms with van der Waals surface area (Å²) in [6.45, 7) is 8.05. The normalized spacial score (nSPS) is 19.9. The van der Waals surface area contributed by atoms with Crippen LogP contribution in [0.1, 0.15) is 71.5 Å². The van der Waals surface area contributed by atoms with Crippen molar-refractivity contribution in [3.8, 4) is 17.6 Å². The van der Waals surface area contributed by atoms with Crippen LogP contribution >= 0.6 is 0 Å². The van der Waals surface area contributed by atoms with Crippen LogP contribution in [0.25, 0.3) is 0 Å². The molecule has 11 nitrogen and oxygen atoms in total. The molecule has 0 unspecified atom stereocenters. The van der Waals surface area contributed by atoms with E-state index in [0.29, 0.717) is 43.2 Å². The molecular formula is C38H45N7O4. The number of hydrogen-bond donors (Lipinski definition) is 0. The van der Waals surface area contributed by atoms with Gasteiger partial charge in [0.15, 0.2) is 5.69 Å². The fraction of sp³-hybridized carbons (Fsp3) is 0.447. The molecule has 2 aromatic heterocycles. The number of carbonyl (C=O) groups excluding carboxylic acids is 1. The lowest BCUT2D eigenvalue weighted by Gasteiger charge is -2.53. The van der Waals surface area contributed by atoms with Crippen LogP contribution in [-0.4, -0.2) is 106 Å². The van der Waals surface area contributed by atoms with Gasteiger partial charge in [-0.2, -0.15) is 9.97 Å². The zero-order valence-electron chi connectivity index (χ0n) is 28.7. The molecule has 1 aliphatic carbocycles. The van der Waals surface area contributed by atoms with E-state index >= 15 is 0 Å². The van der Waals surface area contributed by atoms with Gasteiger partial charge in [-0.3, -0.25) is 19.6 Å². The third kappa shape index (κ3) is 7.23. The van der Waals surface area contributed by atoms with E-state index in [9.17, 15) is 4.79 Å².